The maximum Gasteiger partial charge on any atom is 0.330 e. The number of quaternary nitrogens is 1. The minimum absolute atomic E-state index is 0. The fourth-order valence-electron chi connectivity index (χ4n) is 0.598. The van der Waals surface area contributed by atoms with Crippen molar-refractivity contribution in [1.82, 2.24) is 5.43 Å². The van der Waals surface area contributed by atoms with E-state index in [1.807, 2.05) is 0 Å². The molecule has 5 heteroatoms. The van der Waals surface area contributed by atoms with Crippen LogP contribution in [-0.2, 0) is 4.79 Å². The molecule has 0 saturated heterocycles. The minimum Gasteiger partial charge on any atom is -1.00 e. The number of rotatable bonds is 4. The zero-order chi connectivity index (χ0) is 7.98. The molecule has 68 valence electrons. The lowest BCUT2D eigenvalue weighted by molar-refractivity contribution is -0.848. The number of alkyl halides is 1. The Morgan fingerprint density at radius 3 is 2.55 bits per heavy atom. The molecule has 0 heterocycles. The Hall–Kier alpha value is -0.190. The van der Waals surface area contributed by atoms with Gasteiger partial charge in [-0.1, -0.05) is 6.92 Å². The Morgan fingerprint density at radius 1 is 1.64 bits per heavy atom. The van der Waals surface area contributed by atoms with Crippen LogP contribution in [0.5, 0.6) is 0 Å². The average Bonchev–Trinajstić information content (AvgIpc) is 1.98. The highest BCUT2D eigenvalue weighted by atomic mass is 35.5. The number of hydrogen-bond acceptors (Lipinski definition) is 2. The van der Waals surface area contributed by atoms with Gasteiger partial charge in [0.15, 0.2) is 0 Å². The van der Waals surface area contributed by atoms with E-state index in [4.69, 9.17) is 0 Å². The van der Waals surface area contributed by atoms with Crippen LogP contribution >= 0.6 is 0 Å². The lowest BCUT2D eigenvalue weighted by Crippen LogP contribution is -3.18. The van der Waals surface area contributed by atoms with Crippen LogP contribution < -0.4 is 22.8 Å². The Labute approximate surface area is 72.3 Å². The van der Waals surface area contributed by atoms with Gasteiger partial charge in [0.25, 0.3) is 0 Å². The third-order valence-electron chi connectivity index (χ3n) is 1.22. The number of amides is 1. The molecule has 11 heavy (non-hydrogen) atoms. The van der Waals surface area contributed by atoms with Crippen molar-refractivity contribution >= 4 is 5.91 Å². The van der Waals surface area contributed by atoms with Crippen molar-refractivity contribution in [3.05, 3.63) is 0 Å². The number of hydrogen-bond donors (Lipinski definition) is 2. The molecular formula is C6H14ClFN2O. The molecule has 1 unspecified atom stereocenters. The molecule has 0 saturated carbocycles. The van der Waals surface area contributed by atoms with E-state index in [0.29, 0.717) is 11.4 Å². The van der Waals surface area contributed by atoms with E-state index < -0.39 is 6.67 Å². The van der Waals surface area contributed by atoms with Gasteiger partial charge in [0.05, 0.1) is 20.0 Å². The van der Waals surface area contributed by atoms with E-state index in [0.717, 1.165) is 0 Å². The number of carbonyl (C=O) groups excluding carboxylic acids is 1. The monoisotopic (exact) mass is 184 g/mol. The van der Waals surface area contributed by atoms with Crippen LogP contribution in [0.1, 0.15) is 13.3 Å². The summed E-state index contributed by atoms with van der Waals surface area (Å²) >= 11 is 0. The number of halogens is 2. The fraction of sp³-hybridized carbons (Fsp3) is 0.833. The van der Waals surface area contributed by atoms with Crippen LogP contribution in [0.4, 0.5) is 4.39 Å². The van der Waals surface area contributed by atoms with Crippen LogP contribution in [0.3, 0.4) is 0 Å². The molecule has 1 amide bonds. The van der Waals surface area contributed by atoms with Crippen molar-refractivity contribution in [1.29, 1.82) is 0 Å². The summed E-state index contributed by atoms with van der Waals surface area (Å²) in [6, 6.07) is 0. The van der Waals surface area contributed by atoms with E-state index in [1.54, 1.807) is 14.0 Å². The molecule has 0 aromatic heterocycles. The summed E-state index contributed by atoms with van der Waals surface area (Å²) in [5.74, 6) is 0.0495. The number of nitrogens with one attached hydrogen (secondary N) is 2. The highest BCUT2D eigenvalue weighted by Crippen LogP contribution is 1.65. The molecule has 0 aliphatic rings. The summed E-state index contributed by atoms with van der Waals surface area (Å²) in [4.78, 5) is 10.8. The Balaban J connectivity index is 0. The van der Waals surface area contributed by atoms with E-state index >= 15 is 0 Å². The van der Waals surface area contributed by atoms with Crippen LogP contribution in [0.25, 0.3) is 0 Å². The van der Waals surface area contributed by atoms with Gasteiger partial charge in [0.2, 0.25) is 0 Å². The van der Waals surface area contributed by atoms with Gasteiger partial charge in [-0.3, -0.25) is 0 Å². The lowest BCUT2D eigenvalue weighted by Gasteiger charge is -2.08. The molecule has 0 spiro atoms. The first-order valence-electron chi connectivity index (χ1n) is 3.39. The van der Waals surface area contributed by atoms with Crippen LogP contribution in [0.2, 0.25) is 0 Å². The zero-order valence-electron chi connectivity index (χ0n) is 6.79. The van der Waals surface area contributed by atoms with E-state index in [2.05, 4.69) is 5.43 Å². The molecule has 0 aliphatic carbocycles. The van der Waals surface area contributed by atoms with Gasteiger partial charge in [-0.05, 0) is 0 Å². The largest absolute Gasteiger partial charge is 1.00 e. The first-order chi connectivity index (χ1) is 4.72. The highest BCUT2D eigenvalue weighted by Gasteiger charge is 2.09. The summed E-state index contributed by atoms with van der Waals surface area (Å²) in [5.41, 5.74) is 2.68. The van der Waals surface area contributed by atoms with Crippen molar-refractivity contribution < 1.29 is 26.6 Å². The van der Waals surface area contributed by atoms with Crippen molar-refractivity contribution in [2.45, 2.75) is 13.3 Å². The highest BCUT2D eigenvalue weighted by molar-refractivity contribution is 5.65. The second kappa shape index (κ2) is 7.91. The third kappa shape index (κ3) is 6.22. The van der Waals surface area contributed by atoms with Crippen LogP contribution in [0.15, 0.2) is 0 Å². The standard InChI is InChI=1S/C6H13FN2O.ClH/c1-3-6(10)9(2)8-5-4-7;/h8H,3-5H2,1-2H3;1H. The Kier molecular flexibility index (Phi) is 9.64. The van der Waals surface area contributed by atoms with Crippen molar-refractivity contribution in [3.8, 4) is 0 Å². The molecule has 0 fully saturated rings. The van der Waals surface area contributed by atoms with Crippen LogP contribution in [-0.4, -0.2) is 26.2 Å². The summed E-state index contributed by atoms with van der Waals surface area (Å²) in [7, 11) is 1.67. The first kappa shape index (κ1) is 13.4. The predicted octanol–water partition coefficient (Wildman–Crippen LogP) is -4.08. The average molecular weight is 185 g/mol. The van der Waals surface area contributed by atoms with Gasteiger partial charge in [-0.25, -0.2) is 9.18 Å². The number of carbonyl (C=O) groups is 1. The fourth-order valence-corrected chi connectivity index (χ4v) is 0.598. The van der Waals surface area contributed by atoms with E-state index in [1.165, 1.54) is 0 Å². The molecule has 0 aromatic rings. The van der Waals surface area contributed by atoms with Gasteiger partial charge < -0.3 is 12.4 Å². The predicted molar refractivity (Wildman–Crippen MR) is 36.2 cm³/mol. The molecule has 1 atom stereocenters. The van der Waals surface area contributed by atoms with Crippen molar-refractivity contribution in [2.75, 3.05) is 20.3 Å². The van der Waals surface area contributed by atoms with Gasteiger partial charge in [-0.15, -0.1) is 0 Å². The van der Waals surface area contributed by atoms with Gasteiger partial charge in [0.1, 0.15) is 6.67 Å². The maximum absolute atomic E-state index is 11.5. The summed E-state index contributed by atoms with van der Waals surface area (Å²) in [6.07, 6.45) is 0.477. The second-order valence-corrected chi connectivity index (χ2v) is 2.02. The van der Waals surface area contributed by atoms with Crippen molar-refractivity contribution in [2.24, 2.45) is 0 Å². The summed E-state index contributed by atoms with van der Waals surface area (Å²) in [5, 5.41) is 0.556. The summed E-state index contributed by atoms with van der Waals surface area (Å²) < 4.78 is 11.5. The molecule has 0 radical (unpaired) electrons. The van der Waals surface area contributed by atoms with Gasteiger partial charge in [-0.2, -0.15) is 10.4 Å². The topological polar surface area (TPSA) is 33.5 Å². The van der Waals surface area contributed by atoms with Gasteiger partial charge >= 0.3 is 5.91 Å². The van der Waals surface area contributed by atoms with E-state index in [-0.39, 0.29) is 24.9 Å². The Morgan fingerprint density at radius 2 is 2.18 bits per heavy atom. The zero-order valence-corrected chi connectivity index (χ0v) is 7.54. The smallest absolute Gasteiger partial charge is 0.330 e. The second-order valence-electron chi connectivity index (χ2n) is 2.02. The molecule has 0 rings (SSSR count). The molecule has 0 aromatic carbocycles. The maximum atomic E-state index is 11.5. The molecule has 0 bridgehead atoms. The molecule has 0 aliphatic heterocycles. The van der Waals surface area contributed by atoms with Crippen LogP contribution in [0, 0.1) is 0 Å². The van der Waals surface area contributed by atoms with Crippen molar-refractivity contribution in [3.63, 3.8) is 0 Å². The molecular weight excluding hydrogens is 171 g/mol. The Bertz CT molecular complexity index is 113. The normalized spacial score (nSPS) is 11.9. The minimum atomic E-state index is -0.436. The SMILES string of the molecule is CCC(=O)[NH+](C)NCCF.[Cl-]. The van der Waals surface area contributed by atoms with E-state index in [9.17, 15) is 9.18 Å². The molecule has 3 nitrogen and oxygen atoms in total. The van der Waals surface area contributed by atoms with Gasteiger partial charge in [0, 0.05) is 0 Å². The lowest BCUT2D eigenvalue weighted by atomic mass is 10.4. The quantitative estimate of drug-likeness (QED) is 0.436. The molecule has 2 N–H and O–H groups in total. The summed E-state index contributed by atoms with van der Waals surface area (Å²) in [6.45, 7) is 1.58. The first-order valence-corrected chi connectivity index (χ1v) is 3.39. The third-order valence-corrected chi connectivity index (χ3v) is 1.22.